The van der Waals surface area contributed by atoms with Crippen molar-refractivity contribution in [2.24, 2.45) is 11.7 Å². The van der Waals surface area contributed by atoms with Gasteiger partial charge in [0, 0.05) is 18.2 Å². The average Bonchev–Trinajstić information content (AvgIpc) is 2.66. The number of aliphatic carboxylic acids is 1. The van der Waals surface area contributed by atoms with Crippen molar-refractivity contribution in [2.45, 2.75) is 30.7 Å². The third-order valence-electron chi connectivity index (χ3n) is 3.65. The minimum absolute atomic E-state index is 0.0156. The predicted molar refractivity (Wildman–Crippen MR) is 66.1 cm³/mol. The Labute approximate surface area is 112 Å². The Morgan fingerprint density at radius 2 is 2.05 bits per heavy atom. The Morgan fingerprint density at radius 1 is 1.40 bits per heavy atom. The van der Waals surface area contributed by atoms with E-state index in [-0.39, 0.29) is 6.42 Å². The van der Waals surface area contributed by atoms with E-state index in [2.05, 4.69) is 0 Å². The largest absolute Gasteiger partial charge is 0.480 e. The number of aliphatic hydroxyl groups is 2. The van der Waals surface area contributed by atoms with E-state index in [0.717, 1.165) is 10.6 Å². The molecule has 0 aromatic carbocycles. The van der Waals surface area contributed by atoms with E-state index in [1.807, 2.05) is 4.98 Å². The van der Waals surface area contributed by atoms with Crippen molar-refractivity contribution in [1.82, 2.24) is 9.55 Å². The van der Waals surface area contributed by atoms with Gasteiger partial charge < -0.3 is 21.1 Å². The summed E-state index contributed by atoms with van der Waals surface area (Å²) in [7, 11) is 0. The summed E-state index contributed by atoms with van der Waals surface area (Å²) in [5.74, 6) is -2.18. The summed E-state index contributed by atoms with van der Waals surface area (Å²) in [6, 6.07) is -1.09. The van der Waals surface area contributed by atoms with E-state index in [1.54, 1.807) is 0 Å². The van der Waals surface area contributed by atoms with Gasteiger partial charge in [-0.25, -0.2) is 4.79 Å². The summed E-state index contributed by atoms with van der Waals surface area (Å²) in [6.45, 7) is 0. The highest BCUT2D eigenvalue weighted by Gasteiger charge is 2.46. The fourth-order valence-corrected chi connectivity index (χ4v) is 2.55. The van der Waals surface area contributed by atoms with Crippen LogP contribution in [0.3, 0.4) is 0 Å². The summed E-state index contributed by atoms with van der Waals surface area (Å²) in [5, 5.41) is 28.7. The average molecular weight is 285 g/mol. The first-order valence-electron chi connectivity index (χ1n) is 5.99. The molecular weight excluding hydrogens is 270 g/mol. The van der Waals surface area contributed by atoms with Gasteiger partial charge in [0.25, 0.3) is 5.56 Å². The first-order valence-corrected chi connectivity index (χ1v) is 5.99. The number of aromatic nitrogens is 2. The van der Waals surface area contributed by atoms with Crippen molar-refractivity contribution in [3.63, 3.8) is 0 Å². The number of rotatable bonds is 3. The standard InChI is InChI=1S/C11H15N3O6/c12-7(10(18)19)4-3-5(9(17)8(4)16)14-2-1-6(15)13-11(14)20/h1-2,4-5,7-9,16-17H,3,12H2,(H,18,19)(H,13,15,20)/t4-,5-,7-,8-,9+/m1/s1. The number of carboxylic acids is 1. The number of aliphatic hydroxyl groups excluding tert-OH is 2. The van der Waals surface area contributed by atoms with Gasteiger partial charge in [-0.15, -0.1) is 0 Å². The zero-order chi connectivity index (χ0) is 15.0. The van der Waals surface area contributed by atoms with Crippen molar-refractivity contribution in [1.29, 1.82) is 0 Å². The molecule has 1 aromatic rings. The van der Waals surface area contributed by atoms with Crippen LogP contribution in [-0.2, 0) is 4.79 Å². The van der Waals surface area contributed by atoms with Crippen molar-refractivity contribution in [3.8, 4) is 0 Å². The van der Waals surface area contributed by atoms with E-state index in [1.165, 1.54) is 6.20 Å². The quantitative estimate of drug-likeness (QED) is 0.402. The Morgan fingerprint density at radius 3 is 2.60 bits per heavy atom. The Balaban J connectivity index is 2.33. The SMILES string of the molecule is N[C@@H](C(=O)O)[C@H]1C[C@@H](n2ccc(=O)[nH]c2=O)[C@H](O)[C@@H]1O. The molecule has 110 valence electrons. The molecule has 6 N–H and O–H groups in total. The molecule has 1 aliphatic rings. The van der Waals surface area contributed by atoms with Gasteiger partial charge in [-0.3, -0.25) is 19.1 Å². The maximum atomic E-state index is 11.7. The van der Waals surface area contributed by atoms with Gasteiger partial charge in [0.1, 0.15) is 12.1 Å². The van der Waals surface area contributed by atoms with Crippen LogP contribution in [0.5, 0.6) is 0 Å². The molecule has 1 fully saturated rings. The highest BCUT2D eigenvalue weighted by atomic mass is 16.4. The first-order chi connectivity index (χ1) is 9.32. The van der Waals surface area contributed by atoms with Crippen LogP contribution in [0.2, 0.25) is 0 Å². The number of nitrogens with zero attached hydrogens (tertiary/aromatic N) is 1. The highest BCUT2D eigenvalue weighted by molar-refractivity contribution is 5.73. The summed E-state index contributed by atoms with van der Waals surface area (Å²) in [6.07, 6.45) is -1.49. The number of hydrogen-bond acceptors (Lipinski definition) is 6. The fourth-order valence-electron chi connectivity index (χ4n) is 2.55. The van der Waals surface area contributed by atoms with Gasteiger partial charge >= 0.3 is 11.7 Å². The Hall–Kier alpha value is -1.97. The molecule has 0 radical (unpaired) electrons. The van der Waals surface area contributed by atoms with Crippen LogP contribution in [0.4, 0.5) is 0 Å². The van der Waals surface area contributed by atoms with Crippen molar-refractivity contribution < 1.29 is 20.1 Å². The van der Waals surface area contributed by atoms with Gasteiger partial charge in [0.05, 0.1) is 12.1 Å². The fraction of sp³-hybridized carbons (Fsp3) is 0.545. The number of nitrogens with two attached hydrogens (primary N) is 1. The van der Waals surface area contributed by atoms with Crippen molar-refractivity contribution in [3.05, 3.63) is 33.1 Å². The molecule has 1 saturated carbocycles. The third kappa shape index (κ3) is 2.38. The normalized spacial score (nSPS) is 31.1. The lowest BCUT2D eigenvalue weighted by Crippen LogP contribution is -2.43. The second-order valence-electron chi connectivity index (χ2n) is 4.83. The van der Waals surface area contributed by atoms with Crippen molar-refractivity contribution in [2.75, 3.05) is 0 Å². The number of H-pyrrole nitrogens is 1. The maximum absolute atomic E-state index is 11.7. The van der Waals surface area contributed by atoms with Crippen LogP contribution >= 0.6 is 0 Å². The Bertz CT molecular complexity index is 623. The van der Waals surface area contributed by atoms with Crippen molar-refractivity contribution >= 4 is 5.97 Å². The van der Waals surface area contributed by atoms with Crippen LogP contribution in [0.25, 0.3) is 0 Å². The van der Waals surface area contributed by atoms with Crippen LogP contribution in [0.15, 0.2) is 21.9 Å². The number of hydrogen-bond donors (Lipinski definition) is 5. The van der Waals surface area contributed by atoms with Gasteiger partial charge in [-0.05, 0) is 6.42 Å². The first kappa shape index (κ1) is 14.4. The molecule has 9 heteroatoms. The molecule has 0 saturated heterocycles. The summed E-state index contributed by atoms with van der Waals surface area (Å²) in [4.78, 5) is 35.5. The second-order valence-corrected chi connectivity index (χ2v) is 4.83. The monoisotopic (exact) mass is 285 g/mol. The van der Waals surface area contributed by atoms with E-state index >= 15 is 0 Å². The molecule has 5 atom stereocenters. The summed E-state index contributed by atoms with van der Waals surface area (Å²) >= 11 is 0. The molecule has 2 rings (SSSR count). The molecule has 9 nitrogen and oxygen atoms in total. The van der Waals surface area contributed by atoms with E-state index < -0.39 is 47.4 Å². The molecule has 0 amide bonds. The lowest BCUT2D eigenvalue weighted by atomic mass is 9.96. The molecule has 0 bridgehead atoms. The van der Waals surface area contributed by atoms with Gasteiger partial charge in [-0.1, -0.05) is 0 Å². The van der Waals surface area contributed by atoms with Crippen LogP contribution < -0.4 is 17.0 Å². The molecule has 0 aliphatic heterocycles. The van der Waals surface area contributed by atoms with Crippen LogP contribution in [-0.4, -0.2) is 49.1 Å². The van der Waals surface area contributed by atoms with Crippen LogP contribution in [0.1, 0.15) is 12.5 Å². The van der Waals surface area contributed by atoms with E-state index in [0.29, 0.717) is 0 Å². The zero-order valence-electron chi connectivity index (χ0n) is 10.3. The smallest absolute Gasteiger partial charge is 0.328 e. The minimum Gasteiger partial charge on any atom is -0.480 e. The molecule has 1 aromatic heterocycles. The predicted octanol–water partition coefficient (Wildman–Crippen LogP) is -2.77. The van der Waals surface area contributed by atoms with Gasteiger partial charge in [0.15, 0.2) is 0 Å². The minimum atomic E-state index is -1.36. The Kier molecular flexibility index (Phi) is 3.75. The van der Waals surface area contributed by atoms with Gasteiger partial charge in [-0.2, -0.15) is 0 Å². The molecule has 1 heterocycles. The van der Waals surface area contributed by atoms with E-state index in [9.17, 15) is 24.6 Å². The summed E-state index contributed by atoms with van der Waals surface area (Å²) in [5.41, 5.74) is 4.14. The molecule has 20 heavy (non-hydrogen) atoms. The third-order valence-corrected chi connectivity index (χ3v) is 3.65. The number of nitrogens with one attached hydrogen (secondary N) is 1. The second kappa shape index (κ2) is 5.19. The zero-order valence-corrected chi connectivity index (χ0v) is 10.3. The molecular formula is C11H15N3O6. The number of carbonyl (C=O) groups is 1. The topological polar surface area (TPSA) is 159 Å². The lowest BCUT2D eigenvalue weighted by Gasteiger charge is -2.19. The number of aromatic amines is 1. The highest BCUT2D eigenvalue weighted by Crippen LogP contribution is 2.35. The van der Waals surface area contributed by atoms with Crippen LogP contribution in [0, 0.1) is 5.92 Å². The lowest BCUT2D eigenvalue weighted by molar-refractivity contribution is -0.141. The summed E-state index contributed by atoms with van der Waals surface area (Å²) < 4.78 is 1.06. The molecule has 1 aliphatic carbocycles. The molecule has 0 unspecified atom stereocenters. The molecule has 0 spiro atoms. The number of carboxylic acid groups (broad SMARTS) is 1. The van der Waals surface area contributed by atoms with Gasteiger partial charge in [0.2, 0.25) is 0 Å². The van der Waals surface area contributed by atoms with E-state index in [4.69, 9.17) is 10.8 Å². The maximum Gasteiger partial charge on any atom is 0.328 e.